The Hall–Kier alpha value is -1.23. The summed E-state index contributed by atoms with van der Waals surface area (Å²) in [6, 6.07) is 10.0. The van der Waals surface area contributed by atoms with Crippen molar-refractivity contribution in [3.63, 3.8) is 0 Å². The van der Waals surface area contributed by atoms with E-state index >= 15 is 0 Å². The number of carbonyl (C=O) groups is 1. The van der Waals surface area contributed by atoms with E-state index in [1.807, 2.05) is 30.3 Å². The van der Waals surface area contributed by atoms with Gasteiger partial charge in [-0.2, -0.15) is 0 Å². The summed E-state index contributed by atoms with van der Waals surface area (Å²) in [4.78, 5) is 13.7. The van der Waals surface area contributed by atoms with E-state index in [0.29, 0.717) is 0 Å². The van der Waals surface area contributed by atoms with Crippen molar-refractivity contribution in [1.29, 1.82) is 0 Å². The van der Waals surface area contributed by atoms with E-state index in [0.717, 1.165) is 0 Å². The van der Waals surface area contributed by atoms with Crippen molar-refractivity contribution in [3.05, 3.63) is 30.3 Å². The van der Waals surface area contributed by atoms with Gasteiger partial charge in [-0.1, -0.05) is 0 Å². The first-order chi connectivity index (χ1) is 6.83. The van der Waals surface area contributed by atoms with Crippen molar-refractivity contribution >= 4 is 25.4 Å². The molecule has 2 nitrogen and oxygen atoms in total. The standard InChI is InChI=1S/C11H10O2Se/c1-13-11(12)8-5-9-14-10-6-3-2-4-7-10/h2-4,6-7H,8H2,1H3. The molecule has 0 fully saturated rings. The predicted octanol–water partition coefficient (Wildman–Crippen LogP) is 0.540. The quantitative estimate of drug-likeness (QED) is 0.437. The number of hydrogen-bond donors (Lipinski definition) is 0. The topological polar surface area (TPSA) is 26.3 Å². The average molecular weight is 253 g/mol. The van der Waals surface area contributed by atoms with Crippen molar-refractivity contribution in [2.45, 2.75) is 6.42 Å². The molecular formula is C11H10O2Se. The monoisotopic (exact) mass is 254 g/mol. The molecule has 1 rings (SSSR count). The predicted molar refractivity (Wildman–Crippen MR) is 56.2 cm³/mol. The van der Waals surface area contributed by atoms with Crippen LogP contribution in [0.2, 0.25) is 0 Å². The summed E-state index contributed by atoms with van der Waals surface area (Å²) in [5.41, 5.74) is 0. The third-order valence-corrected chi connectivity index (χ3v) is 3.03. The van der Waals surface area contributed by atoms with Crippen molar-refractivity contribution in [2.24, 2.45) is 0 Å². The summed E-state index contributed by atoms with van der Waals surface area (Å²) in [6.45, 7) is 0. The molecule has 0 amide bonds. The molecule has 1 aromatic rings. The summed E-state index contributed by atoms with van der Waals surface area (Å²) in [6.07, 6.45) is 0.186. The molecule has 14 heavy (non-hydrogen) atoms. The van der Waals surface area contributed by atoms with E-state index in [9.17, 15) is 4.79 Å². The molecule has 3 heteroatoms. The Balaban J connectivity index is 2.37. The molecule has 0 aliphatic heterocycles. The van der Waals surface area contributed by atoms with Gasteiger partial charge in [0, 0.05) is 0 Å². The van der Waals surface area contributed by atoms with E-state index in [-0.39, 0.29) is 27.3 Å². The van der Waals surface area contributed by atoms with Gasteiger partial charge in [0.15, 0.2) is 0 Å². The minimum absolute atomic E-state index is 0.134. The third-order valence-electron chi connectivity index (χ3n) is 1.44. The molecule has 1 aromatic carbocycles. The molecule has 0 aliphatic carbocycles. The number of ether oxygens (including phenoxy) is 1. The zero-order chi connectivity index (χ0) is 10.2. The second kappa shape index (κ2) is 6.26. The molecule has 0 aromatic heterocycles. The molecule has 0 unspecified atom stereocenters. The van der Waals surface area contributed by atoms with Gasteiger partial charge in [-0.3, -0.25) is 0 Å². The SMILES string of the molecule is COC(=O)CC#C[Se]c1ccccc1. The van der Waals surface area contributed by atoms with Crippen molar-refractivity contribution in [3.8, 4) is 10.7 Å². The Bertz CT molecular complexity index is 349. The van der Waals surface area contributed by atoms with Crippen LogP contribution >= 0.6 is 0 Å². The first-order valence-corrected chi connectivity index (χ1v) is 5.81. The Kier molecular flexibility index (Phi) is 4.85. The molecule has 0 radical (unpaired) electrons. The molecule has 0 bridgehead atoms. The fourth-order valence-corrected chi connectivity index (χ4v) is 1.93. The number of hydrogen-bond acceptors (Lipinski definition) is 2. The van der Waals surface area contributed by atoms with Gasteiger partial charge in [-0.15, -0.1) is 0 Å². The van der Waals surface area contributed by atoms with Gasteiger partial charge in [0.1, 0.15) is 0 Å². The van der Waals surface area contributed by atoms with Crippen LogP contribution in [0, 0.1) is 10.7 Å². The molecule has 0 spiro atoms. The molecule has 0 heterocycles. The van der Waals surface area contributed by atoms with E-state index in [4.69, 9.17) is 0 Å². The van der Waals surface area contributed by atoms with Gasteiger partial charge in [0.25, 0.3) is 0 Å². The van der Waals surface area contributed by atoms with Crippen molar-refractivity contribution < 1.29 is 9.53 Å². The fraction of sp³-hybridized carbons (Fsp3) is 0.182. The van der Waals surface area contributed by atoms with Crippen LogP contribution < -0.4 is 4.46 Å². The van der Waals surface area contributed by atoms with E-state index < -0.39 is 0 Å². The molecule has 0 N–H and O–H groups in total. The minimum atomic E-state index is -0.277. The maximum atomic E-state index is 10.7. The summed E-state index contributed by atoms with van der Waals surface area (Å²) in [7, 11) is 1.37. The second-order valence-corrected chi connectivity index (χ2v) is 4.29. The van der Waals surface area contributed by atoms with Crippen LogP contribution in [0.3, 0.4) is 0 Å². The molecule has 0 atom stereocenters. The number of esters is 1. The van der Waals surface area contributed by atoms with Gasteiger partial charge in [-0.05, 0) is 0 Å². The van der Waals surface area contributed by atoms with Gasteiger partial charge in [-0.25, -0.2) is 0 Å². The first-order valence-electron chi connectivity index (χ1n) is 4.09. The maximum absolute atomic E-state index is 10.7. The Morgan fingerprint density at radius 1 is 1.43 bits per heavy atom. The molecule has 0 aliphatic rings. The van der Waals surface area contributed by atoms with Crippen LogP contribution in [0.15, 0.2) is 30.3 Å². The normalized spacial score (nSPS) is 8.64. The van der Waals surface area contributed by atoms with Gasteiger partial charge in [0.05, 0.1) is 0 Å². The zero-order valence-electron chi connectivity index (χ0n) is 7.82. The number of benzene rings is 1. The van der Waals surface area contributed by atoms with Crippen LogP contribution in [-0.2, 0) is 9.53 Å². The summed E-state index contributed by atoms with van der Waals surface area (Å²) in [5.74, 6) is 2.51. The molecular weight excluding hydrogens is 243 g/mol. The number of methoxy groups -OCH3 is 1. The van der Waals surface area contributed by atoms with Gasteiger partial charge >= 0.3 is 89.5 Å². The van der Waals surface area contributed by atoms with E-state index in [1.54, 1.807) is 0 Å². The van der Waals surface area contributed by atoms with Crippen LogP contribution in [0.1, 0.15) is 6.42 Å². The Labute approximate surface area is 89.8 Å². The van der Waals surface area contributed by atoms with E-state index in [2.05, 4.69) is 15.5 Å². The molecule has 0 saturated carbocycles. The van der Waals surface area contributed by atoms with Gasteiger partial charge in [0.2, 0.25) is 0 Å². The molecule has 72 valence electrons. The van der Waals surface area contributed by atoms with Gasteiger partial charge < -0.3 is 0 Å². The van der Waals surface area contributed by atoms with Crippen molar-refractivity contribution in [1.82, 2.24) is 0 Å². The second-order valence-electron chi connectivity index (χ2n) is 2.45. The number of carbonyl (C=O) groups excluding carboxylic acids is 1. The Morgan fingerprint density at radius 3 is 2.79 bits per heavy atom. The summed E-state index contributed by atoms with van der Waals surface area (Å²) < 4.78 is 5.69. The van der Waals surface area contributed by atoms with Crippen molar-refractivity contribution in [2.75, 3.05) is 7.11 Å². The van der Waals surface area contributed by atoms with Crippen LogP contribution in [-0.4, -0.2) is 28.0 Å². The Morgan fingerprint density at radius 2 is 2.14 bits per heavy atom. The zero-order valence-corrected chi connectivity index (χ0v) is 9.53. The summed E-state index contributed by atoms with van der Waals surface area (Å²) in [5, 5.41) is 0. The average Bonchev–Trinajstić information content (AvgIpc) is 2.25. The van der Waals surface area contributed by atoms with E-state index in [1.165, 1.54) is 11.6 Å². The summed E-state index contributed by atoms with van der Waals surface area (Å²) >= 11 is 0.134. The van der Waals surface area contributed by atoms with Crippen LogP contribution in [0.25, 0.3) is 0 Å². The van der Waals surface area contributed by atoms with Crippen LogP contribution in [0.4, 0.5) is 0 Å². The third kappa shape index (κ3) is 4.13. The number of rotatable bonds is 2. The first kappa shape index (κ1) is 10.8. The fourth-order valence-electron chi connectivity index (χ4n) is 0.764. The van der Waals surface area contributed by atoms with Crippen LogP contribution in [0.5, 0.6) is 0 Å². The molecule has 0 saturated heterocycles.